The predicted octanol–water partition coefficient (Wildman–Crippen LogP) is 4.47. The van der Waals surface area contributed by atoms with Crippen molar-refractivity contribution in [3.05, 3.63) is 72.4 Å². The Morgan fingerprint density at radius 2 is 1.78 bits per heavy atom. The Kier molecular flexibility index (Phi) is 5.54. The second-order valence-electron chi connectivity index (χ2n) is 7.48. The predicted molar refractivity (Wildman–Crippen MR) is 109 cm³/mol. The molecule has 1 aromatic heterocycles. The first-order valence-corrected chi connectivity index (χ1v) is 9.76. The highest BCUT2D eigenvalue weighted by atomic mass is 16.5. The van der Waals surface area contributed by atoms with E-state index in [-0.39, 0.29) is 0 Å². The Morgan fingerprint density at radius 1 is 1.04 bits per heavy atom. The molecule has 4 rings (SSSR count). The first-order chi connectivity index (χ1) is 13.3. The second kappa shape index (κ2) is 8.40. The van der Waals surface area contributed by atoms with Gasteiger partial charge < -0.3 is 9.64 Å². The Labute approximate surface area is 161 Å². The average Bonchev–Trinajstić information content (AvgIpc) is 3.10. The summed E-state index contributed by atoms with van der Waals surface area (Å²) in [4.78, 5) is 2.42. The van der Waals surface area contributed by atoms with E-state index in [9.17, 15) is 0 Å². The number of hydrogen-bond acceptors (Lipinski definition) is 3. The smallest absolute Gasteiger partial charge is 0.241 e. The van der Waals surface area contributed by atoms with Crippen LogP contribution in [0.15, 0.2) is 66.9 Å². The van der Waals surface area contributed by atoms with Gasteiger partial charge in [0.25, 0.3) is 0 Å². The standard InChI is InChI=1S/C23H27N3O/c1-25-14-8-11-20(15-25)16-26-17-22(21-12-6-3-7-13-21)23(24-26)27-18-19-9-4-2-5-10-19/h2-7,9-10,12-13,17,20H,8,11,14-16,18H2,1H3. The van der Waals surface area contributed by atoms with E-state index in [0.717, 1.165) is 29.8 Å². The summed E-state index contributed by atoms with van der Waals surface area (Å²) < 4.78 is 8.20. The van der Waals surface area contributed by atoms with Crippen LogP contribution in [0.1, 0.15) is 18.4 Å². The van der Waals surface area contributed by atoms with E-state index in [4.69, 9.17) is 9.84 Å². The van der Waals surface area contributed by atoms with Crippen LogP contribution in [0.5, 0.6) is 5.88 Å². The third kappa shape index (κ3) is 4.58. The molecule has 3 aromatic rings. The van der Waals surface area contributed by atoms with Crippen molar-refractivity contribution in [2.24, 2.45) is 5.92 Å². The van der Waals surface area contributed by atoms with Gasteiger partial charge in [-0.2, -0.15) is 0 Å². The maximum atomic E-state index is 6.13. The van der Waals surface area contributed by atoms with Crippen LogP contribution in [0, 0.1) is 5.92 Å². The summed E-state index contributed by atoms with van der Waals surface area (Å²) >= 11 is 0. The highest BCUT2D eigenvalue weighted by Crippen LogP contribution is 2.30. The van der Waals surface area contributed by atoms with Gasteiger partial charge in [-0.3, -0.25) is 4.68 Å². The maximum absolute atomic E-state index is 6.13. The topological polar surface area (TPSA) is 30.3 Å². The number of hydrogen-bond donors (Lipinski definition) is 0. The summed E-state index contributed by atoms with van der Waals surface area (Å²) in [5, 5.41) is 4.80. The van der Waals surface area contributed by atoms with Gasteiger partial charge in [-0.1, -0.05) is 60.7 Å². The zero-order valence-corrected chi connectivity index (χ0v) is 15.9. The van der Waals surface area contributed by atoms with Gasteiger partial charge in [0, 0.05) is 19.3 Å². The molecule has 1 aliphatic rings. The quantitative estimate of drug-likeness (QED) is 0.649. The van der Waals surface area contributed by atoms with Crippen molar-refractivity contribution < 1.29 is 4.74 Å². The third-order valence-electron chi connectivity index (χ3n) is 5.20. The lowest BCUT2D eigenvalue weighted by atomic mass is 9.99. The van der Waals surface area contributed by atoms with Crippen molar-refractivity contribution in [1.82, 2.24) is 14.7 Å². The Balaban J connectivity index is 1.55. The number of rotatable bonds is 6. The Morgan fingerprint density at radius 3 is 2.52 bits per heavy atom. The van der Waals surface area contributed by atoms with Gasteiger partial charge >= 0.3 is 0 Å². The minimum Gasteiger partial charge on any atom is -0.471 e. The van der Waals surface area contributed by atoms with Crippen molar-refractivity contribution in [2.45, 2.75) is 26.0 Å². The van der Waals surface area contributed by atoms with E-state index in [0.29, 0.717) is 18.4 Å². The lowest BCUT2D eigenvalue weighted by Crippen LogP contribution is -2.34. The molecule has 0 amide bonds. The van der Waals surface area contributed by atoms with E-state index >= 15 is 0 Å². The third-order valence-corrected chi connectivity index (χ3v) is 5.20. The van der Waals surface area contributed by atoms with E-state index in [1.54, 1.807) is 0 Å². The molecule has 2 heterocycles. The van der Waals surface area contributed by atoms with Crippen molar-refractivity contribution in [3.8, 4) is 17.0 Å². The molecule has 0 N–H and O–H groups in total. The highest BCUT2D eigenvalue weighted by Gasteiger charge is 2.20. The van der Waals surface area contributed by atoms with Crippen LogP contribution >= 0.6 is 0 Å². The van der Waals surface area contributed by atoms with E-state index in [2.05, 4.69) is 59.2 Å². The van der Waals surface area contributed by atoms with Gasteiger partial charge in [-0.15, -0.1) is 5.10 Å². The average molecular weight is 361 g/mol. The van der Waals surface area contributed by atoms with Crippen molar-refractivity contribution >= 4 is 0 Å². The number of benzene rings is 2. The van der Waals surface area contributed by atoms with Crippen LogP contribution in [-0.2, 0) is 13.2 Å². The molecule has 4 nitrogen and oxygen atoms in total. The molecule has 27 heavy (non-hydrogen) atoms. The van der Waals surface area contributed by atoms with E-state index in [1.807, 2.05) is 24.3 Å². The van der Waals surface area contributed by atoms with Crippen molar-refractivity contribution in [2.75, 3.05) is 20.1 Å². The van der Waals surface area contributed by atoms with Crippen molar-refractivity contribution in [1.29, 1.82) is 0 Å². The summed E-state index contributed by atoms with van der Waals surface area (Å²) in [6, 6.07) is 20.6. The number of piperidine rings is 1. The molecule has 1 fully saturated rings. The zero-order chi connectivity index (χ0) is 18.5. The highest BCUT2D eigenvalue weighted by molar-refractivity contribution is 5.67. The van der Waals surface area contributed by atoms with E-state index in [1.165, 1.54) is 19.4 Å². The first-order valence-electron chi connectivity index (χ1n) is 9.76. The fourth-order valence-electron chi connectivity index (χ4n) is 3.83. The lowest BCUT2D eigenvalue weighted by Gasteiger charge is -2.29. The largest absolute Gasteiger partial charge is 0.471 e. The molecule has 0 saturated carbocycles. The van der Waals surface area contributed by atoms with Gasteiger partial charge in [-0.25, -0.2) is 0 Å². The molecule has 1 saturated heterocycles. The van der Waals surface area contributed by atoms with Crippen LogP contribution in [0.25, 0.3) is 11.1 Å². The van der Waals surface area contributed by atoms with Gasteiger partial charge in [0.1, 0.15) is 6.61 Å². The van der Waals surface area contributed by atoms with Gasteiger partial charge in [0.05, 0.1) is 5.56 Å². The summed E-state index contributed by atoms with van der Waals surface area (Å²) in [6.07, 6.45) is 4.68. The summed E-state index contributed by atoms with van der Waals surface area (Å²) in [7, 11) is 2.21. The fourth-order valence-corrected chi connectivity index (χ4v) is 3.83. The van der Waals surface area contributed by atoms with Gasteiger partial charge in [0.15, 0.2) is 0 Å². The molecule has 0 aliphatic carbocycles. The molecule has 4 heteroatoms. The zero-order valence-electron chi connectivity index (χ0n) is 15.9. The van der Waals surface area contributed by atoms with Gasteiger partial charge in [-0.05, 0) is 43.5 Å². The Bertz CT molecular complexity index is 845. The fraction of sp³-hybridized carbons (Fsp3) is 0.348. The molecule has 140 valence electrons. The molecule has 0 spiro atoms. The molecular formula is C23H27N3O. The molecule has 2 aromatic carbocycles. The summed E-state index contributed by atoms with van der Waals surface area (Å²) in [5.74, 6) is 1.36. The number of ether oxygens (including phenoxy) is 1. The second-order valence-corrected chi connectivity index (χ2v) is 7.48. The van der Waals surface area contributed by atoms with Crippen molar-refractivity contribution in [3.63, 3.8) is 0 Å². The number of nitrogens with zero attached hydrogens (tertiary/aromatic N) is 3. The first kappa shape index (κ1) is 17.8. The minimum atomic E-state index is 0.532. The van der Waals surface area contributed by atoms with Crippen LogP contribution < -0.4 is 4.74 Å². The number of aromatic nitrogens is 2. The van der Waals surface area contributed by atoms with Crippen LogP contribution in [0.4, 0.5) is 0 Å². The van der Waals surface area contributed by atoms with Gasteiger partial charge in [0.2, 0.25) is 5.88 Å². The maximum Gasteiger partial charge on any atom is 0.241 e. The van der Waals surface area contributed by atoms with E-state index < -0.39 is 0 Å². The monoisotopic (exact) mass is 361 g/mol. The van der Waals surface area contributed by atoms with Crippen LogP contribution in [-0.4, -0.2) is 34.8 Å². The SMILES string of the molecule is CN1CCCC(Cn2cc(-c3ccccc3)c(OCc3ccccc3)n2)C1. The molecular weight excluding hydrogens is 334 g/mol. The summed E-state index contributed by atoms with van der Waals surface area (Å²) in [5.41, 5.74) is 3.36. The normalized spacial score (nSPS) is 17.7. The molecule has 0 bridgehead atoms. The van der Waals surface area contributed by atoms with Crippen LogP contribution in [0.3, 0.4) is 0 Å². The minimum absolute atomic E-state index is 0.532. The summed E-state index contributed by atoms with van der Waals surface area (Å²) in [6.45, 7) is 3.82. The number of likely N-dealkylation sites (tertiary alicyclic amines) is 1. The molecule has 1 atom stereocenters. The molecule has 1 unspecified atom stereocenters. The molecule has 1 aliphatic heterocycles. The lowest BCUT2D eigenvalue weighted by molar-refractivity contribution is 0.189. The molecule has 0 radical (unpaired) electrons. The Hall–Kier alpha value is -2.59. The van der Waals surface area contributed by atoms with Crippen LogP contribution in [0.2, 0.25) is 0 Å².